The third kappa shape index (κ3) is 3.51. The molecule has 5 nitrogen and oxygen atoms in total. The molecule has 2 heterocycles. The van der Waals surface area contributed by atoms with E-state index in [-0.39, 0.29) is 23.9 Å². The molecule has 152 valence electrons. The maximum Gasteiger partial charge on any atom is 0.230 e. The van der Waals surface area contributed by atoms with Crippen molar-refractivity contribution in [3.63, 3.8) is 0 Å². The number of rotatable bonds is 5. The third-order valence-corrected chi connectivity index (χ3v) is 5.26. The smallest absolute Gasteiger partial charge is 0.230 e. The van der Waals surface area contributed by atoms with Crippen LogP contribution in [0, 0.1) is 6.92 Å². The molecule has 0 spiro atoms. The monoisotopic (exact) mass is 409 g/mol. The number of carbonyl (C=O) groups is 2. The minimum Gasteiger partial charge on any atom is -0.464 e. The van der Waals surface area contributed by atoms with Crippen LogP contribution in [0.1, 0.15) is 27.2 Å². The highest BCUT2D eigenvalue weighted by Gasteiger charge is 2.23. The van der Waals surface area contributed by atoms with Crippen LogP contribution in [-0.2, 0) is 11.2 Å². The number of fused-ring (bicyclic) bond motifs is 2. The summed E-state index contributed by atoms with van der Waals surface area (Å²) in [4.78, 5) is 26.0. The summed E-state index contributed by atoms with van der Waals surface area (Å²) in [6, 6.07) is 22.0. The molecule has 0 radical (unpaired) electrons. The van der Waals surface area contributed by atoms with Crippen LogP contribution in [0.5, 0.6) is 0 Å². The van der Waals surface area contributed by atoms with E-state index in [9.17, 15) is 9.59 Å². The average Bonchev–Trinajstić information content (AvgIpc) is 3.35. The molecule has 0 aliphatic heterocycles. The van der Waals surface area contributed by atoms with Crippen LogP contribution < -0.4 is 5.32 Å². The second kappa shape index (κ2) is 7.61. The Morgan fingerprint density at radius 1 is 0.871 bits per heavy atom. The van der Waals surface area contributed by atoms with Crippen molar-refractivity contribution in [3.05, 3.63) is 102 Å². The van der Waals surface area contributed by atoms with E-state index >= 15 is 0 Å². The first-order valence-electron chi connectivity index (χ1n) is 9.98. The SMILES string of the molecule is Cc1ccc2c(CC(=O)Nc3c(C(=O)c4ccccc4)oc4ccccc34)coc2c1. The van der Waals surface area contributed by atoms with Gasteiger partial charge in [-0.25, -0.2) is 0 Å². The number of aryl methyl sites for hydroxylation is 1. The van der Waals surface area contributed by atoms with Gasteiger partial charge in [0.2, 0.25) is 11.7 Å². The molecular formula is C26H19NO4. The van der Waals surface area contributed by atoms with Gasteiger partial charge in [0, 0.05) is 21.9 Å². The Labute approximate surface area is 178 Å². The normalized spacial score (nSPS) is 11.1. The minimum absolute atomic E-state index is 0.119. The molecule has 5 heteroatoms. The molecule has 5 aromatic rings. The fourth-order valence-corrected chi connectivity index (χ4v) is 3.73. The highest BCUT2D eigenvalue weighted by Crippen LogP contribution is 2.33. The van der Waals surface area contributed by atoms with Gasteiger partial charge in [-0.05, 0) is 30.7 Å². The number of furan rings is 2. The molecule has 0 aliphatic rings. The Morgan fingerprint density at radius 3 is 2.48 bits per heavy atom. The number of benzene rings is 3. The molecular weight excluding hydrogens is 390 g/mol. The summed E-state index contributed by atoms with van der Waals surface area (Å²) in [6.07, 6.45) is 1.72. The number of hydrogen-bond acceptors (Lipinski definition) is 4. The molecule has 0 aliphatic carbocycles. The van der Waals surface area contributed by atoms with Crippen LogP contribution >= 0.6 is 0 Å². The predicted octanol–water partition coefficient (Wildman–Crippen LogP) is 5.90. The fourth-order valence-electron chi connectivity index (χ4n) is 3.73. The Balaban J connectivity index is 1.49. The Morgan fingerprint density at radius 2 is 1.65 bits per heavy atom. The zero-order valence-corrected chi connectivity index (χ0v) is 16.8. The molecule has 0 atom stereocenters. The average molecular weight is 409 g/mol. The molecule has 0 fully saturated rings. The quantitative estimate of drug-likeness (QED) is 0.367. The van der Waals surface area contributed by atoms with E-state index in [0.29, 0.717) is 22.2 Å². The Hall–Kier alpha value is -4.12. The lowest BCUT2D eigenvalue weighted by molar-refractivity contribution is -0.115. The van der Waals surface area contributed by atoms with E-state index in [0.717, 1.165) is 22.1 Å². The van der Waals surface area contributed by atoms with E-state index in [2.05, 4.69) is 5.32 Å². The Kier molecular flexibility index (Phi) is 4.64. The Bertz CT molecular complexity index is 1430. The fraction of sp³-hybridized carbons (Fsp3) is 0.0769. The molecule has 0 unspecified atom stereocenters. The second-order valence-corrected chi connectivity index (χ2v) is 7.48. The lowest BCUT2D eigenvalue weighted by atomic mass is 10.1. The first-order chi connectivity index (χ1) is 15.1. The summed E-state index contributed by atoms with van der Waals surface area (Å²) in [7, 11) is 0. The molecule has 5 rings (SSSR count). The van der Waals surface area contributed by atoms with Gasteiger partial charge in [-0.15, -0.1) is 0 Å². The number of anilines is 1. The van der Waals surface area contributed by atoms with Crippen LogP contribution in [0.4, 0.5) is 5.69 Å². The first-order valence-corrected chi connectivity index (χ1v) is 9.98. The van der Waals surface area contributed by atoms with Crippen LogP contribution in [0.25, 0.3) is 21.9 Å². The minimum atomic E-state index is -0.281. The topological polar surface area (TPSA) is 72.5 Å². The van der Waals surface area contributed by atoms with Gasteiger partial charge < -0.3 is 14.2 Å². The number of nitrogens with one attached hydrogen (secondary N) is 1. The molecule has 0 saturated carbocycles. The largest absolute Gasteiger partial charge is 0.464 e. The number of carbonyl (C=O) groups excluding carboxylic acids is 2. The number of amides is 1. The molecule has 1 N–H and O–H groups in total. The van der Waals surface area contributed by atoms with Gasteiger partial charge in [-0.1, -0.05) is 54.6 Å². The summed E-state index contributed by atoms with van der Waals surface area (Å²) in [5, 5.41) is 4.49. The summed E-state index contributed by atoms with van der Waals surface area (Å²) >= 11 is 0. The van der Waals surface area contributed by atoms with Gasteiger partial charge in [0.1, 0.15) is 11.2 Å². The molecule has 2 aromatic heterocycles. The van der Waals surface area contributed by atoms with E-state index in [4.69, 9.17) is 8.83 Å². The van der Waals surface area contributed by atoms with Gasteiger partial charge in [0.15, 0.2) is 5.76 Å². The van der Waals surface area contributed by atoms with E-state index < -0.39 is 0 Å². The van der Waals surface area contributed by atoms with Crippen molar-refractivity contribution in [1.82, 2.24) is 0 Å². The third-order valence-electron chi connectivity index (χ3n) is 5.26. The van der Waals surface area contributed by atoms with Crippen LogP contribution in [-0.4, -0.2) is 11.7 Å². The van der Waals surface area contributed by atoms with Crippen LogP contribution in [0.15, 0.2) is 87.9 Å². The van der Waals surface area contributed by atoms with Gasteiger partial charge in [0.25, 0.3) is 0 Å². The molecule has 31 heavy (non-hydrogen) atoms. The molecule has 0 bridgehead atoms. The van der Waals surface area contributed by atoms with Crippen molar-refractivity contribution in [3.8, 4) is 0 Å². The highest BCUT2D eigenvalue weighted by molar-refractivity contribution is 6.17. The van der Waals surface area contributed by atoms with E-state index in [1.165, 1.54) is 0 Å². The van der Waals surface area contributed by atoms with E-state index in [1.54, 1.807) is 36.6 Å². The van der Waals surface area contributed by atoms with Crippen molar-refractivity contribution in [1.29, 1.82) is 0 Å². The van der Waals surface area contributed by atoms with Gasteiger partial charge in [0.05, 0.1) is 18.4 Å². The standard InChI is InChI=1S/C26H19NO4/c1-16-11-12-19-18(15-30-22(19)13-16)14-23(28)27-24-20-9-5-6-10-21(20)31-26(24)25(29)17-7-3-2-4-8-17/h2-13,15H,14H2,1H3,(H,27,28). The van der Waals surface area contributed by atoms with E-state index in [1.807, 2.05) is 49.4 Å². The lowest BCUT2D eigenvalue weighted by Crippen LogP contribution is -2.16. The summed E-state index contributed by atoms with van der Waals surface area (Å²) < 4.78 is 11.5. The number of ketones is 1. The second-order valence-electron chi connectivity index (χ2n) is 7.48. The van der Waals surface area contributed by atoms with Crippen molar-refractivity contribution in [2.24, 2.45) is 0 Å². The zero-order chi connectivity index (χ0) is 21.4. The van der Waals surface area contributed by atoms with Gasteiger partial charge >= 0.3 is 0 Å². The summed E-state index contributed by atoms with van der Waals surface area (Å²) in [6.45, 7) is 1.99. The van der Waals surface area contributed by atoms with Crippen LogP contribution in [0.2, 0.25) is 0 Å². The van der Waals surface area contributed by atoms with Crippen molar-refractivity contribution in [2.45, 2.75) is 13.3 Å². The molecule has 1 amide bonds. The summed E-state index contributed by atoms with van der Waals surface area (Å²) in [5.41, 5.74) is 4.05. The first kappa shape index (κ1) is 18.9. The van der Waals surface area contributed by atoms with Crippen LogP contribution in [0.3, 0.4) is 0 Å². The predicted molar refractivity (Wildman–Crippen MR) is 119 cm³/mol. The number of hydrogen-bond donors (Lipinski definition) is 1. The summed E-state index contributed by atoms with van der Waals surface area (Å²) in [5.74, 6) is -0.415. The zero-order valence-electron chi connectivity index (χ0n) is 16.8. The highest BCUT2D eigenvalue weighted by atomic mass is 16.3. The van der Waals surface area contributed by atoms with Crippen molar-refractivity contribution < 1.29 is 18.4 Å². The number of para-hydroxylation sites is 1. The maximum absolute atomic E-state index is 13.1. The lowest BCUT2D eigenvalue weighted by Gasteiger charge is -2.06. The van der Waals surface area contributed by atoms with Crippen molar-refractivity contribution in [2.75, 3.05) is 5.32 Å². The molecule has 0 saturated heterocycles. The maximum atomic E-state index is 13.1. The van der Waals surface area contributed by atoms with Crippen molar-refractivity contribution >= 4 is 39.3 Å². The van der Waals surface area contributed by atoms with Gasteiger partial charge in [-0.2, -0.15) is 0 Å². The molecule has 3 aromatic carbocycles. The van der Waals surface area contributed by atoms with Gasteiger partial charge in [-0.3, -0.25) is 9.59 Å².